The number of hydrogen-bond donors (Lipinski definition) is 2. The Morgan fingerprint density at radius 1 is 1.25 bits per heavy atom. The van der Waals surface area contributed by atoms with Gasteiger partial charge in [0, 0.05) is 0 Å². The summed E-state index contributed by atoms with van der Waals surface area (Å²) in [5.74, 6) is 0.770. The quantitative estimate of drug-likeness (QED) is 0.744. The Balaban J connectivity index is 1.44. The molecule has 7 heteroatoms. The van der Waals surface area contributed by atoms with E-state index >= 15 is 0 Å². The number of anilines is 1. The summed E-state index contributed by atoms with van der Waals surface area (Å²) >= 11 is 7.72. The molecule has 0 radical (unpaired) electrons. The van der Waals surface area contributed by atoms with E-state index in [0.29, 0.717) is 4.70 Å². The zero-order chi connectivity index (χ0) is 16.5. The van der Waals surface area contributed by atoms with Crippen molar-refractivity contribution in [1.82, 2.24) is 9.97 Å². The highest BCUT2D eigenvalue weighted by molar-refractivity contribution is 7.17. The summed E-state index contributed by atoms with van der Waals surface area (Å²) < 4.78 is 0.706. The number of piperazine rings is 1. The molecule has 3 aromatic rings. The lowest BCUT2D eigenvalue weighted by Gasteiger charge is -2.33. The van der Waals surface area contributed by atoms with Crippen LogP contribution in [0.4, 0.5) is 5.69 Å². The Hall–Kier alpha value is -1.89. The van der Waals surface area contributed by atoms with Crippen molar-refractivity contribution in [2.75, 3.05) is 31.1 Å². The molecule has 1 saturated heterocycles. The lowest BCUT2D eigenvalue weighted by atomic mass is 10.2. The van der Waals surface area contributed by atoms with E-state index in [-0.39, 0.29) is 5.56 Å². The van der Waals surface area contributed by atoms with E-state index in [0.717, 1.165) is 54.8 Å². The summed E-state index contributed by atoms with van der Waals surface area (Å²) in [5.41, 5.74) is 1.87. The zero-order valence-electron chi connectivity index (χ0n) is 13.1. The number of halogens is 1. The van der Waals surface area contributed by atoms with E-state index in [1.54, 1.807) is 0 Å². The van der Waals surface area contributed by atoms with Gasteiger partial charge in [-0.05, 0) is 23.6 Å². The molecular weight excluding hydrogens is 344 g/mol. The molecule has 124 valence electrons. The summed E-state index contributed by atoms with van der Waals surface area (Å²) in [6.07, 6.45) is 0. The van der Waals surface area contributed by atoms with Gasteiger partial charge in [0.25, 0.3) is 5.56 Å². The number of para-hydroxylation sites is 1. The van der Waals surface area contributed by atoms with E-state index in [2.05, 4.69) is 20.9 Å². The average Bonchev–Trinajstić information content (AvgIpc) is 3.05. The lowest BCUT2D eigenvalue weighted by molar-refractivity contribution is -0.915. The number of H-pyrrole nitrogens is 1. The molecule has 1 aromatic carbocycles. The van der Waals surface area contributed by atoms with Crippen molar-refractivity contribution >= 4 is 38.8 Å². The third-order valence-corrected chi connectivity index (χ3v) is 5.67. The van der Waals surface area contributed by atoms with Gasteiger partial charge in [-0.3, -0.25) is 4.79 Å². The molecule has 0 aliphatic carbocycles. The molecule has 0 spiro atoms. The summed E-state index contributed by atoms with van der Waals surface area (Å²) in [4.78, 5) is 23.3. The van der Waals surface area contributed by atoms with Crippen LogP contribution in [-0.2, 0) is 6.54 Å². The second-order valence-electron chi connectivity index (χ2n) is 6.01. The monoisotopic (exact) mass is 361 g/mol. The average molecular weight is 362 g/mol. The minimum atomic E-state index is -0.0286. The molecule has 1 fully saturated rings. The molecule has 0 amide bonds. The van der Waals surface area contributed by atoms with Gasteiger partial charge in [0.2, 0.25) is 0 Å². The van der Waals surface area contributed by atoms with E-state index in [4.69, 9.17) is 11.6 Å². The van der Waals surface area contributed by atoms with Crippen LogP contribution in [0.3, 0.4) is 0 Å². The molecule has 3 heterocycles. The Labute approximate surface area is 148 Å². The highest BCUT2D eigenvalue weighted by Gasteiger charge is 2.22. The van der Waals surface area contributed by atoms with Gasteiger partial charge in [0.05, 0.1) is 42.4 Å². The van der Waals surface area contributed by atoms with Crippen LogP contribution in [0, 0.1) is 0 Å². The third kappa shape index (κ3) is 3.05. The Bertz CT molecular complexity index is 914. The van der Waals surface area contributed by atoms with Crippen molar-refractivity contribution in [1.29, 1.82) is 0 Å². The Kier molecular flexibility index (Phi) is 4.26. The molecule has 0 atom stereocenters. The second-order valence-corrected chi connectivity index (χ2v) is 7.34. The topological polar surface area (TPSA) is 53.4 Å². The maximum atomic E-state index is 12.1. The highest BCUT2D eigenvalue weighted by atomic mass is 35.5. The van der Waals surface area contributed by atoms with E-state index in [1.165, 1.54) is 16.2 Å². The molecule has 2 aromatic heterocycles. The van der Waals surface area contributed by atoms with Gasteiger partial charge >= 0.3 is 0 Å². The Morgan fingerprint density at radius 3 is 2.83 bits per heavy atom. The number of fused-ring (bicyclic) bond motifs is 1. The summed E-state index contributed by atoms with van der Waals surface area (Å²) in [6.45, 7) is 4.64. The minimum Gasteiger partial charge on any atom is -0.359 e. The zero-order valence-corrected chi connectivity index (χ0v) is 14.7. The largest absolute Gasteiger partial charge is 0.359 e. The van der Waals surface area contributed by atoms with Crippen LogP contribution in [0.2, 0.25) is 5.02 Å². The van der Waals surface area contributed by atoms with Gasteiger partial charge < -0.3 is 14.8 Å². The first kappa shape index (κ1) is 15.6. The fourth-order valence-corrected chi connectivity index (χ4v) is 4.17. The number of nitrogens with one attached hydrogen (secondary N) is 2. The summed E-state index contributed by atoms with van der Waals surface area (Å²) in [6, 6.07) is 9.88. The van der Waals surface area contributed by atoms with Crippen LogP contribution >= 0.6 is 22.9 Å². The van der Waals surface area contributed by atoms with Crippen LogP contribution < -0.4 is 15.4 Å². The molecule has 1 aliphatic heterocycles. The summed E-state index contributed by atoms with van der Waals surface area (Å²) in [7, 11) is 0. The lowest BCUT2D eigenvalue weighted by Crippen LogP contribution is -3.13. The minimum absolute atomic E-state index is 0.0286. The van der Waals surface area contributed by atoms with Gasteiger partial charge in [-0.15, -0.1) is 11.3 Å². The predicted octanol–water partition coefficient (Wildman–Crippen LogP) is 1.54. The number of nitrogens with zero attached hydrogens (tertiary/aromatic N) is 2. The second kappa shape index (κ2) is 6.55. The SMILES string of the molecule is O=c1[nH]c(C[NH+]2CCN(c3ccccc3Cl)CC2)nc2ccsc12. The molecule has 0 unspecified atom stereocenters. The first-order valence-corrected chi connectivity index (χ1v) is 9.26. The van der Waals surface area contributed by atoms with Gasteiger partial charge in [0.1, 0.15) is 11.2 Å². The number of quaternary nitrogens is 1. The molecule has 2 N–H and O–H groups in total. The number of aromatic amines is 1. The van der Waals surface area contributed by atoms with E-state index in [9.17, 15) is 4.79 Å². The number of thiophene rings is 1. The molecular formula is C17H18ClN4OS+. The maximum Gasteiger partial charge on any atom is 0.269 e. The van der Waals surface area contributed by atoms with Crippen LogP contribution in [0.15, 0.2) is 40.5 Å². The fraction of sp³-hybridized carbons (Fsp3) is 0.294. The number of aromatic nitrogens is 2. The first-order chi connectivity index (χ1) is 11.7. The van der Waals surface area contributed by atoms with Crippen LogP contribution in [0.1, 0.15) is 5.82 Å². The molecule has 5 nitrogen and oxygen atoms in total. The number of hydrogen-bond acceptors (Lipinski definition) is 4. The first-order valence-electron chi connectivity index (χ1n) is 8.00. The molecule has 4 rings (SSSR count). The smallest absolute Gasteiger partial charge is 0.269 e. The van der Waals surface area contributed by atoms with Crippen LogP contribution in [0.5, 0.6) is 0 Å². The normalized spacial score (nSPS) is 16.0. The van der Waals surface area contributed by atoms with E-state index < -0.39 is 0 Å². The van der Waals surface area contributed by atoms with Gasteiger partial charge in [-0.1, -0.05) is 23.7 Å². The molecule has 0 saturated carbocycles. The van der Waals surface area contributed by atoms with Gasteiger partial charge in [0.15, 0.2) is 5.82 Å². The van der Waals surface area contributed by atoms with Crippen molar-refractivity contribution < 1.29 is 4.90 Å². The van der Waals surface area contributed by atoms with Crippen LogP contribution in [-0.4, -0.2) is 36.1 Å². The highest BCUT2D eigenvalue weighted by Crippen LogP contribution is 2.24. The number of rotatable bonds is 3. The van der Waals surface area contributed by atoms with Crippen molar-refractivity contribution in [2.24, 2.45) is 0 Å². The predicted molar refractivity (Wildman–Crippen MR) is 98.3 cm³/mol. The van der Waals surface area contributed by atoms with E-state index in [1.807, 2.05) is 29.6 Å². The number of benzene rings is 1. The molecule has 0 bridgehead atoms. The summed E-state index contributed by atoms with van der Waals surface area (Å²) in [5, 5.41) is 2.71. The standard InChI is InChI=1S/C17H17ClN4OS/c18-12-3-1-2-4-14(12)22-8-6-21(7-9-22)11-15-19-13-5-10-24-16(13)17(23)20-15/h1-5,10H,6-9,11H2,(H,19,20,23)/p+1. The van der Waals surface area contributed by atoms with Crippen molar-refractivity contribution in [2.45, 2.75) is 6.54 Å². The van der Waals surface area contributed by atoms with Gasteiger partial charge in [-0.25, -0.2) is 4.98 Å². The van der Waals surface area contributed by atoms with Crippen molar-refractivity contribution in [3.8, 4) is 0 Å². The molecule has 1 aliphatic rings. The van der Waals surface area contributed by atoms with Crippen molar-refractivity contribution in [3.05, 3.63) is 56.9 Å². The fourth-order valence-electron chi connectivity index (χ4n) is 3.19. The Morgan fingerprint density at radius 2 is 2.04 bits per heavy atom. The molecule has 24 heavy (non-hydrogen) atoms. The van der Waals surface area contributed by atoms with Crippen LogP contribution in [0.25, 0.3) is 10.2 Å². The maximum absolute atomic E-state index is 12.1. The van der Waals surface area contributed by atoms with Crippen molar-refractivity contribution in [3.63, 3.8) is 0 Å². The van der Waals surface area contributed by atoms with Gasteiger partial charge in [-0.2, -0.15) is 0 Å². The third-order valence-electron chi connectivity index (χ3n) is 4.45.